The number of benzene rings is 2. The van der Waals surface area contributed by atoms with Gasteiger partial charge in [-0.3, -0.25) is 9.88 Å². The van der Waals surface area contributed by atoms with Gasteiger partial charge in [0.1, 0.15) is 30.2 Å². The summed E-state index contributed by atoms with van der Waals surface area (Å²) in [5.74, 6) is 0.200. The highest BCUT2D eigenvalue weighted by Gasteiger charge is 2.44. The molecule has 1 aliphatic rings. The zero-order valence-electron chi connectivity index (χ0n) is 19.3. The number of nitrogen functional groups attached to an aromatic ring is 2. The zero-order valence-corrected chi connectivity index (χ0v) is 20.2. The number of aliphatic hydroxyl groups is 2. The molecule has 4 heterocycles. The summed E-state index contributed by atoms with van der Waals surface area (Å²) in [6, 6.07) is 10.5. The van der Waals surface area contributed by atoms with Crippen molar-refractivity contribution in [3.8, 4) is 0 Å². The minimum atomic E-state index is -2.75. The molecule has 0 saturated carbocycles. The molecule has 37 heavy (non-hydrogen) atoms. The van der Waals surface area contributed by atoms with Crippen LogP contribution in [0.1, 0.15) is 6.23 Å². The van der Waals surface area contributed by atoms with E-state index in [0.29, 0.717) is 16.9 Å². The molecular weight excluding hydrogens is 500 g/mol. The smallest absolute Gasteiger partial charge is 0.168 e. The highest BCUT2D eigenvalue weighted by atomic mass is 32.2. The van der Waals surface area contributed by atoms with Gasteiger partial charge >= 0.3 is 0 Å². The summed E-state index contributed by atoms with van der Waals surface area (Å²) in [6.45, 7) is 0.463. The van der Waals surface area contributed by atoms with Crippen LogP contribution in [-0.4, -0.2) is 67.6 Å². The van der Waals surface area contributed by atoms with Gasteiger partial charge in [-0.1, -0.05) is 12.1 Å². The van der Waals surface area contributed by atoms with Crippen LogP contribution in [0, 0.1) is 0 Å². The van der Waals surface area contributed by atoms with Crippen molar-refractivity contribution < 1.29 is 23.4 Å². The van der Waals surface area contributed by atoms with Crippen molar-refractivity contribution >= 4 is 55.2 Å². The van der Waals surface area contributed by atoms with Crippen LogP contribution in [0.25, 0.3) is 33.0 Å². The molecule has 2 aromatic carbocycles. The van der Waals surface area contributed by atoms with Gasteiger partial charge in [0.05, 0.1) is 28.9 Å². The monoisotopic (exact) mass is 524 g/mol. The molecule has 0 amide bonds. The van der Waals surface area contributed by atoms with E-state index >= 15 is 0 Å². The van der Waals surface area contributed by atoms with Gasteiger partial charge in [0.15, 0.2) is 28.4 Å². The molecule has 13 nitrogen and oxygen atoms in total. The van der Waals surface area contributed by atoms with Crippen LogP contribution in [-0.2, 0) is 22.1 Å². The SMILES string of the molecule is Nc1ccc2c3ccc([SH](=O)=O)cc3n(CNCC3OC(n4cnc5c(N)ncnc54)C(O)C3O)c2c1. The summed E-state index contributed by atoms with van der Waals surface area (Å²) >= 11 is 0. The van der Waals surface area contributed by atoms with Crippen molar-refractivity contribution in [2.75, 3.05) is 18.0 Å². The predicted molar refractivity (Wildman–Crippen MR) is 136 cm³/mol. The first kappa shape index (κ1) is 23.6. The van der Waals surface area contributed by atoms with Crippen molar-refractivity contribution in [3.05, 3.63) is 49.1 Å². The molecule has 4 unspecified atom stereocenters. The second-order valence-corrected chi connectivity index (χ2v) is 9.94. The number of anilines is 2. The van der Waals surface area contributed by atoms with E-state index in [9.17, 15) is 18.6 Å². The summed E-state index contributed by atoms with van der Waals surface area (Å²) in [5, 5.41) is 26.5. The third-order valence-electron chi connectivity index (χ3n) is 6.70. The minimum absolute atomic E-state index is 0.192. The van der Waals surface area contributed by atoms with E-state index in [4.69, 9.17) is 16.2 Å². The molecule has 0 spiro atoms. The maximum atomic E-state index is 11.6. The van der Waals surface area contributed by atoms with Crippen molar-refractivity contribution in [1.29, 1.82) is 0 Å². The van der Waals surface area contributed by atoms with Gasteiger partial charge in [0.2, 0.25) is 0 Å². The Kier molecular flexibility index (Phi) is 5.69. The number of nitrogens with two attached hydrogens (primary N) is 2. The molecule has 192 valence electrons. The van der Waals surface area contributed by atoms with Gasteiger partial charge in [-0.2, -0.15) is 0 Å². The first-order valence-corrected chi connectivity index (χ1v) is 12.6. The normalized spacial score (nSPS) is 22.1. The average molecular weight is 525 g/mol. The molecule has 7 N–H and O–H groups in total. The Morgan fingerprint density at radius 3 is 2.54 bits per heavy atom. The number of rotatable bonds is 6. The highest BCUT2D eigenvalue weighted by molar-refractivity contribution is 7.72. The third kappa shape index (κ3) is 3.86. The summed E-state index contributed by atoms with van der Waals surface area (Å²) < 4.78 is 32.7. The Bertz CT molecular complexity index is 1720. The minimum Gasteiger partial charge on any atom is -0.399 e. The van der Waals surface area contributed by atoms with E-state index in [1.807, 2.05) is 16.7 Å². The molecule has 1 fully saturated rings. The van der Waals surface area contributed by atoms with Crippen LogP contribution >= 0.6 is 0 Å². The second-order valence-electron chi connectivity index (χ2n) is 8.90. The van der Waals surface area contributed by atoms with Gasteiger partial charge in [-0.15, -0.1) is 0 Å². The molecular formula is C23H24N8O5S. The predicted octanol–water partition coefficient (Wildman–Crippen LogP) is -0.0646. The molecule has 3 aromatic heterocycles. The highest BCUT2D eigenvalue weighted by Crippen LogP contribution is 2.33. The first-order chi connectivity index (χ1) is 17.8. The van der Waals surface area contributed by atoms with Crippen molar-refractivity contribution in [2.24, 2.45) is 0 Å². The van der Waals surface area contributed by atoms with Crippen molar-refractivity contribution in [1.82, 2.24) is 29.4 Å². The molecule has 4 atom stereocenters. The number of imidazole rings is 1. The largest absolute Gasteiger partial charge is 0.399 e. The average Bonchev–Trinajstić information content (AvgIpc) is 3.53. The van der Waals surface area contributed by atoms with Gasteiger partial charge in [-0.05, 0) is 24.3 Å². The number of thiol groups is 1. The van der Waals surface area contributed by atoms with Crippen molar-refractivity contribution in [3.63, 3.8) is 0 Å². The molecule has 1 saturated heterocycles. The molecule has 14 heteroatoms. The van der Waals surface area contributed by atoms with Crippen LogP contribution < -0.4 is 16.8 Å². The Balaban J connectivity index is 1.26. The van der Waals surface area contributed by atoms with E-state index < -0.39 is 35.2 Å². The molecule has 5 aromatic rings. The van der Waals surface area contributed by atoms with Crippen LogP contribution in [0.2, 0.25) is 0 Å². The fourth-order valence-corrected chi connectivity index (χ4v) is 5.31. The Morgan fingerprint density at radius 1 is 1.00 bits per heavy atom. The molecule has 0 radical (unpaired) electrons. The standard InChI is InChI=1S/C23H24N8O5S/c24-11-1-3-13-14-4-2-12(37(34)35)6-16(14)30(15(13)5-11)9-26-7-17-19(32)20(33)23(36-17)31-10-29-18-21(25)27-8-28-22(18)31/h1-6,8,10,17,19-20,23,26,32-33,37H,7,9,24H2,(H2,25,27,28). The number of nitrogens with one attached hydrogen (secondary N) is 1. The van der Waals surface area contributed by atoms with Gasteiger partial charge in [0.25, 0.3) is 0 Å². The van der Waals surface area contributed by atoms with Crippen molar-refractivity contribution in [2.45, 2.75) is 36.1 Å². The van der Waals surface area contributed by atoms with Crippen LogP contribution in [0.4, 0.5) is 11.5 Å². The van der Waals surface area contributed by atoms with E-state index in [1.54, 1.807) is 24.3 Å². The van der Waals surface area contributed by atoms with E-state index in [0.717, 1.165) is 21.8 Å². The first-order valence-electron chi connectivity index (χ1n) is 11.4. The lowest BCUT2D eigenvalue weighted by molar-refractivity contribution is -0.0345. The maximum Gasteiger partial charge on any atom is 0.168 e. The number of ether oxygens (including phenoxy) is 1. The lowest BCUT2D eigenvalue weighted by Gasteiger charge is -2.17. The number of nitrogens with zero attached hydrogens (tertiary/aromatic N) is 5. The fourth-order valence-electron chi connectivity index (χ4n) is 4.89. The van der Waals surface area contributed by atoms with Gasteiger partial charge in [-0.25, -0.2) is 23.4 Å². The molecule has 0 bridgehead atoms. The van der Waals surface area contributed by atoms with Gasteiger partial charge in [0, 0.05) is 23.0 Å². The van der Waals surface area contributed by atoms with E-state index in [2.05, 4.69) is 20.3 Å². The van der Waals surface area contributed by atoms with Crippen LogP contribution in [0.3, 0.4) is 0 Å². The quantitative estimate of drug-likeness (QED) is 0.128. The summed E-state index contributed by atoms with van der Waals surface area (Å²) in [4.78, 5) is 12.5. The molecule has 1 aliphatic heterocycles. The third-order valence-corrected chi connectivity index (χ3v) is 7.40. The summed E-state index contributed by atoms with van der Waals surface area (Å²) in [7, 11) is -2.75. The number of fused-ring (bicyclic) bond motifs is 4. The Hall–Kier alpha value is -3.82. The van der Waals surface area contributed by atoms with Crippen LogP contribution in [0.15, 0.2) is 53.9 Å². The van der Waals surface area contributed by atoms with E-state index in [-0.39, 0.29) is 23.9 Å². The fraction of sp³-hybridized carbons (Fsp3) is 0.261. The molecule has 0 aliphatic carbocycles. The summed E-state index contributed by atoms with van der Waals surface area (Å²) in [5.41, 5.74) is 14.8. The number of aromatic nitrogens is 5. The van der Waals surface area contributed by atoms with E-state index in [1.165, 1.54) is 17.2 Å². The number of hydrogen-bond acceptors (Lipinski definition) is 11. The van der Waals surface area contributed by atoms with Gasteiger partial charge < -0.3 is 31.0 Å². The Labute approximate surface area is 211 Å². The number of hydrogen-bond donors (Lipinski definition) is 6. The topological polar surface area (TPSA) is 196 Å². The Morgan fingerprint density at radius 2 is 1.76 bits per heavy atom. The van der Waals surface area contributed by atoms with Crippen LogP contribution in [0.5, 0.6) is 0 Å². The number of aliphatic hydroxyl groups excluding tert-OH is 2. The lowest BCUT2D eigenvalue weighted by Crippen LogP contribution is -2.38. The zero-order chi connectivity index (χ0) is 25.8. The second kappa shape index (κ2) is 8.93. The molecule has 6 rings (SSSR count). The maximum absolute atomic E-state index is 11.6. The lowest BCUT2D eigenvalue weighted by atomic mass is 10.1. The summed E-state index contributed by atoms with van der Waals surface area (Å²) in [6.07, 6.45) is -1.36.